The van der Waals surface area contributed by atoms with E-state index in [1.807, 2.05) is 18.2 Å². The lowest BCUT2D eigenvalue weighted by Crippen LogP contribution is -2.51. The number of aryl methyl sites for hydroxylation is 1. The Hall–Kier alpha value is -3.00. The lowest BCUT2D eigenvalue weighted by atomic mass is 9.78. The van der Waals surface area contributed by atoms with Gasteiger partial charge in [-0.1, -0.05) is 24.3 Å². The monoisotopic (exact) mass is 434 g/mol. The van der Waals surface area contributed by atoms with Gasteiger partial charge in [0.05, 0.1) is 0 Å². The van der Waals surface area contributed by atoms with Crippen molar-refractivity contribution in [3.63, 3.8) is 0 Å². The summed E-state index contributed by atoms with van der Waals surface area (Å²) in [5, 5.41) is 3.03. The Morgan fingerprint density at radius 3 is 2.41 bits per heavy atom. The number of amides is 3. The van der Waals surface area contributed by atoms with Crippen LogP contribution in [0.1, 0.15) is 30.4 Å². The second kappa shape index (κ2) is 8.86. The van der Waals surface area contributed by atoms with E-state index in [1.165, 1.54) is 16.0 Å². The summed E-state index contributed by atoms with van der Waals surface area (Å²) in [6, 6.07) is 9.83. The standard InChI is InChI=1S/C24H30N6O2/c31-21-24(9-8-19-6-1-2-7-20(19)18-24)27-23(32)30(21)13-4-3-12-28-14-16-29(17-15-28)22-25-10-5-11-26-22/h1-2,5-7,10-11H,3-4,8-9,12-18H2,(H,27,32). The quantitative estimate of drug-likeness (QED) is 0.552. The van der Waals surface area contributed by atoms with Crippen molar-refractivity contribution in [1.29, 1.82) is 0 Å². The van der Waals surface area contributed by atoms with Crippen molar-refractivity contribution in [2.75, 3.05) is 44.2 Å². The van der Waals surface area contributed by atoms with Crippen molar-refractivity contribution in [3.8, 4) is 0 Å². The number of aromatic nitrogens is 2. The van der Waals surface area contributed by atoms with Gasteiger partial charge in [0.2, 0.25) is 5.95 Å². The van der Waals surface area contributed by atoms with E-state index in [4.69, 9.17) is 0 Å². The molecule has 2 aliphatic heterocycles. The molecular formula is C24H30N6O2. The summed E-state index contributed by atoms with van der Waals surface area (Å²) in [5.74, 6) is 0.749. The molecule has 1 unspecified atom stereocenters. The lowest BCUT2D eigenvalue weighted by molar-refractivity contribution is -0.131. The van der Waals surface area contributed by atoms with Gasteiger partial charge in [-0.3, -0.25) is 14.6 Å². The number of carbonyl (C=O) groups is 2. The fraction of sp³-hybridized carbons (Fsp3) is 0.500. The zero-order chi connectivity index (χ0) is 22.0. The van der Waals surface area contributed by atoms with E-state index in [-0.39, 0.29) is 11.9 Å². The molecule has 1 aromatic heterocycles. The number of rotatable bonds is 6. The highest BCUT2D eigenvalue weighted by atomic mass is 16.2. The van der Waals surface area contributed by atoms with E-state index in [9.17, 15) is 9.59 Å². The molecule has 1 aromatic carbocycles. The van der Waals surface area contributed by atoms with E-state index in [1.54, 1.807) is 12.4 Å². The average Bonchev–Trinajstić information content (AvgIpc) is 3.06. The van der Waals surface area contributed by atoms with Crippen molar-refractivity contribution in [3.05, 3.63) is 53.9 Å². The predicted molar refractivity (Wildman–Crippen MR) is 121 cm³/mol. The largest absolute Gasteiger partial charge is 0.338 e. The van der Waals surface area contributed by atoms with Gasteiger partial charge in [-0.25, -0.2) is 14.8 Å². The summed E-state index contributed by atoms with van der Waals surface area (Å²) in [5.41, 5.74) is 1.72. The first-order valence-corrected chi connectivity index (χ1v) is 11.6. The van der Waals surface area contributed by atoms with Crippen molar-refractivity contribution in [2.24, 2.45) is 0 Å². The fourth-order valence-electron chi connectivity index (χ4n) is 5.14. The molecule has 8 heteroatoms. The number of carbonyl (C=O) groups excluding carboxylic acids is 2. The Morgan fingerprint density at radius 2 is 1.62 bits per heavy atom. The first-order valence-electron chi connectivity index (χ1n) is 11.6. The van der Waals surface area contributed by atoms with Crippen LogP contribution in [0.15, 0.2) is 42.7 Å². The number of urea groups is 1. The zero-order valence-corrected chi connectivity index (χ0v) is 18.4. The first-order chi connectivity index (χ1) is 15.6. The summed E-state index contributed by atoms with van der Waals surface area (Å²) in [6.07, 6.45) is 7.46. The summed E-state index contributed by atoms with van der Waals surface area (Å²) < 4.78 is 0. The van der Waals surface area contributed by atoms with Crippen LogP contribution in [0.5, 0.6) is 0 Å². The second-order valence-electron chi connectivity index (χ2n) is 9.00. The normalized spacial score (nSPS) is 23.5. The Kier molecular flexibility index (Phi) is 5.78. The first kappa shape index (κ1) is 20.9. The molecule has 3 heterocycles. The van der Waals surface area contributed by atoms with E-state index in [0.29, 0.717) is 19.4 Å². The number of piperazine rings is 1. The number of hydrogen-bond donors (Lipinski definition) is 1. The van der Waals surface area contributed by atoms with Crippen LogP contribution in [0.25, 0.3) is 0 Å². The SMILES string of the molecule is O=C1NC2(CCc3ccccc3C2)C(=O)N1CCCCN1CCN(c2ncccn2)CC1. The van der Waals surface area contributed by atoms with Crippen molar-refractivity contribution in [1.82, 2.24) is 25.1 Å². The van der Waals surface area contributed by atoms with Gasteiger partial charge in [-0.15, -0.1) is 0 Å². The van der Waals surface area contributed by atoms with E-state index in [2.05, 4.69) is 37.2 Å². The van der Waals surface area contributed by atoms with Crippen molar-refractivity contribution >= 4 is 17.9 Å². The highest BCUT2D eigenvalue weighted by molar-refractivity contribution is 6.07. The molecule has 32 heavy (non-hydrogen) atoms. The maximum Gasteiger partial charge on any atom is 0.325 e. The van der Waals surface area contributed by atoms with Crippen LogP contribution in [0.2, 0.25) is 0 Å². The molecule has 1 atom stereocenters. The smallest absolute Gasteiger partial charge is 0.325 e. The van der Waals surface area contributed by atoms with E-state index < -0.39 is 5.54 Å². The van der Waals surface area contributed by atoms with Crippen LogP contribution < -0.4 is 10.2 Å². The molecule has 1 aliphatic carbocycles. The average molecular weight is 435 g/mol. The van der Waals surface area contributed by atoms with Crippen LogP contribution in [-0.2, 0) is 17.6 Å². The van der Waals surface area contributed by atoms with Gasteiger partial charge in [0.25, 0.3) is 5.91 Å². The number of imide groups is 1. The highest BCUT2D eigenvalue weighted by Gasteiger charge is 2.51. The topological polar surface area (TPSA) is 81.7 Å². The van der Waals surface area contributed by atoms with Gasteiger partial charge in [0.1, 0.15) is 5.54 Å². The molecule has 3 aliphatic rings. The maximum absolute atomic E-state index is 13.2. The molecule has 2 fully saturated rings. The number of nitrogens with zero attached hydrogens (tertiary/aromatic N) is 5. The summed E-state index contributed by atoms with van der Waals surface area (Å²) in [6.45, 7) is 5.26. The van der Waals surface area contributed by atoms with Gasteiger partial charge in [0.15, 0.2) is 0 Å². The molecule has 0 saturated carbocycles. The summed E-state index contributed by atoms with van der Waals surface area (Å²) in [4.78, 5) is 40.5. The number of nitrogens with one attached hydrogen (secondary N) is 1. The number of anilines is 1. The minimum absolute atomic E-state index is 0.0477. The van der Waals surface area contributed by atoms with Crippen LogP contribution >= 0.6 is 0 Å². The molecule has 5 rings (SSSR count). The summed E-state index contributed by atoms with van der Waals surface area (Å²) in [7, 11) is 0. The third-order valence-electron chi connectivity index (χ3n) is 6.99. The molecule has 2 aromatic rings. The Balaban J connectivity index is 1.08. The van der Waals surface area contributed by atoms with Crippen molar-refractivity contribution < 1.29 is 9.59 Å². The number of hydrogen-bond acceptors (Lipinski definition) is 6. The molecule has 3 amide bonds. The third-order valence-corrected chi connectivity index (χ3v) is 6.99. The van der Waals surface area contributed by atoms with Gasteiger partial charge in [0, 0.05) is 51.5 Å². The molecule has 168 valence electrons. The number of benzene rings is 1. The summed E-state index contributed by atoms with van der Waals surface area (Å²) >= 11 is 0. The number of fused-ring (bicyclic) bond motifs is 1. The van der Waals surface area contributed by atoms with E-state index in [0.717, 1.165) is 57.9 Å². The molecule has 2 saturated heterocycles. The third kappa shape index (κ3) is 4.07. The Bertz CT molecular complexity index is 975. The van der Waals surface area contributed by atoms with Crippen molar-refractivity contribution in [2.45, 2.75) is 37.6 Å². The Labute approximate surface area is 188 Å². The lowest BCUT2D eigenvalue weighted by Gasteiger charge is -2.34. The highest BCUT2D eigenvalue weighted by Crippen LogP contribution is 2.33. The van der Waals surface area contributed by atoms with Crippen LogP contribution in [0.4, 0.5) is 10.7 Å². The van der Waals surface area contributed by atoms with Crippen LogP contribution in [-0.4, -0.2) is 76.5 Å². The zero-order valence-electron chi connectivity index (χ0n) is 18.4. The Morgan fingerprint density at radius 1 is 0.906 bits per heavy atom. The minimum atomic E-state index is -0.749. The van der Waals surface area contributed by atoms with Crippen LogP contribution in [0, 0.1) is 0 Å². The molecule has 0 radical (unpaired) electrons. The van der Waals surface area contributed by atoms with Gasteiger partial charge in [-0.05, 0) is 49.4 Å². The predicted octanol–water partition coefficient (Wildman–Crippen LogP) is 1.86. The number of unbranched alkanes of at least 4 members (excludes halogenated alkanes) is 1. The molecule has 0 bridgehead atoms. The molecule has 1 N–H and O–H groups in total. The second-order valence-corrected chi connectivity index (χ2v) is 9.00. The van der Waals surface area contributed by atoms with Gasteiger partial charge < -0.3 is 10.2 Å². The minimum Gasteiger partial charge on any atom is -0.338 e. The molecular weight excluding hydrogens is 404 g/mol. The van der Waals surface area contributed by atoms with E-state index >= 15 is 0 Å². The van der Waals surface area contributed by atoms with Crippen LogP contribution in [0.3, 0.4) is 0 Å². The van der Waals surface area contributed by atoms with Gasteiger partial charge >= 0.3 is 6.03 Å². The fourth-order valence-corrected chi connectivity index (χ4v) is 5.14. The van der Waals surface area contributed by atoms with Gasteiger partial charge in [-0.2, -0.15) is 0 Å². The molecule has 1 spiro atoms. The molecule has 8 nitrogen and oxygen atoms in total. The maximum atomic E-state index is 13.2.